The van der Waals surface area contributed by atoms with E-state index in [0.29, 0.717) is 5.56 Å². The van der Waals surface area contributed by atoms with Crippen LogP contribution >= 0.6 is 27.7 Å². The molecule has 1 N–H and O–H groups in total. The molecular formula is C13H15BrO3S. The molecule has 0 saturated heterocycles. The molecule has 0 aliphatic heterocycles. The second-order valence-electron chi connectivity index (χ2n) is 4.16. The number of hydrogen-bond donors (Lipinski definition) is 1. The van der Waals surface area contributed by atoms with Gasteiger partial charge >= 0.3 is 5.97 Å². The SMILES string of the molecule is CCOC(=O)C(O)c1ccc(SC2CC2)c(Br)c1. The Balaban J connectivity index is 2.09. The summed E-state index contributed by atoms with van der Waals surface area (Å²) in [5, 5.41) is 10.6. The van der Waals surface area contributed by atoms with Gasteiger partial charge < -0.3 is 9.84 Å². The number of thioether (sulfide) groups is 1. The first-order valence-electron chi connectivity index (χ1n) is 5.92. The minimum atomic E-state index is -1.21. The van der Waals surface area contributed by atoms with Gasteiger partial charge in [-0.1, -0.05) is 6.07 Å². The van der Waals surface area contributed by atoms with Gasteiger partial charge in [-0.15, -0.1) is 11.8 Å². The Morgan fingerprint density at radius 1 is 1.61 bits per heavy atom. The zero-order valence-electron chi connectivity index (χ0n) is 10.1. The van der Waals surface area contributed by atoms with E-state index in [1.54, 1.807) is 19.1 Å². The molecule has 0 aromatic heterocycles. The van der Waals surface area contributed by atoms with E-state index in [4.69, 9.17) is 4.74 Å². The molecule has 18 heavy (non-hydrogen) atoms. The Morgan fingerprint density at radius 2 is 2.33 bits per heavy atom. The number of benzene rings is 1. The third kappa shape index (κ3) is 3.49. The number of hydrogen-bond acceptors (Lipinski definition) is 4. The number of rotatable bonds is 5. The highest BCUT2D eigenvalue weighted by Crippen LogP contribution is 2.42. The summed E-state index contributed by atoms with van der Waals surface area (Å²) < 4.78 is 5.71. The monoisotopic (exact) mass is 330 g/mol. The molecule has 1 aromatic rings. The van der Waals surface area contributed by atoms with Crippen LogP contribution in [0.25, 0.3) is 0 Å². The van der Waals surface area contributed by atoms with Gasteiger partial charge in [-0.3, -0.25) is 0 Å². The first-order chi connectivity index (χ1) is 8.61. The molecule has 0 amide bonds. The molecule has 3 nitrogen and oxygen atoms in total. The number of ether oxygens (including phenoxy) is 1. The molecule has 1 unspecified atom stereocenters. The van der Waals surface area contributed by atoms with Crippen LogP contribution in [0.4, 0.5) is 0 Å². The topological polar surface area (TPSA) is 46.5 Å². The maximum atomic E-state index is 11.4. The zero-order chi connectivity index (χ0) is 13.1. The number of aliphatic hydroxyl groups is 1. The van der Waals surface area contributed by atoms with Gasteiger partial charge in [0.1, 0.15) is 0 Å². The lowest BCUT2D eigenvalue weighted by atomic mass is 10.1. The minimum absolute atomic E-state index is 0.271. The Bertz CT molecular complexity index is 446. The van der Waals surface area contributed by atoms with E-state index < -0.39 is 12.1 Å². The van der Waals surface area contributed by atoms with E-state index in [2.05, 4.69) is 15.9 Å². The zero-order valence-corrected chi connectivity index (χ0v) is 12.5. The quantitative estimate of drug-likeness (QED) is 0.841. The molecule has 0 bridgehead atoms. The summed E-state index contributed by atoms with van der Waals surface area (Å²) in [5.74, 6) is -0.605. The second kappa shape index (κ2) is 6.08. The molecule has 1 atom stereocenters. The molecular weight excluding hydrogens is 316 g/mol. The molecule has 1 fully saturated rings. The maximum absolute atomic E-state index is 11.4. The largest absolute Gasteiger partial charge is 0.464 e. The van der Waals surface area contributed by atoms with Crippen LogP contribution in [0.1, 0.15) is 31.4 Å². The predicted octanol–water partition coefficient (Wildman–Crippen LogP) is 3.30. The lowest BCUT2D eigenvalue weighted by Crippen LogP contribution is -2.15. The Labute approximate surface area is 119 Å². The molecule has 0 spiro atoms. The number of esters is 1. The van der Waals surface area contributed by atoms with Crippen molar-refractivity contribution in [1.82, 2.24) is 0 Å². The highest BCUT2D eigenvalue weighted by atomic mass is 79.9. The summed E-state index contributed by atoms with van der Waals surface area (Å²) in [5.41, 5.74) is 0.556. The number of carbonyl (C=O) groups is 1. The van der Waals surface area contributed by atoms with Crippen LogP contribution in [0.3, 0.4) is 0 Å². The van der Waals surface area contributed by atoms with Crippen LogP contribution in [-0.2, 0) is 9.53 Å². The third-order valence-electron chi connectivity index (χ3n) is 2.60. The van der Waals surface area contributed by atoms with Crippen LogP contribution in [0.5, 0.6) is 0 Å². The summed E-state index contributed by atoms with van der Waals surface area (Å²) in [6.07, 6.45) is 1.33. The molecule has 98 valence electrons. The molecule has 1 aromatic carbocycles. The van der Waals surface area contributed by atoms with Gasteiger partial charge in [0, 0.05) is 14.6 Å². The fourth-order valence-corrected chi connectivity index (χ4v) is 3.23. The van der Waals surface area contributed by atoms with Crippen molar-refractivity contribution in [3.05, 3.63) is 28.2 Å². The van der Waals surface area contributed by atoms with Crippen LogP contribution in [0, 0.1) is 0 Å². The van der Waals surface area contributed by atoms with E-state index in [9.17, 15) is 9.90 Å². The second-order valence-corrected chi connectivity index (χ2v) is 6.36. The van der Waals surface area contributed by atoms with Crippen molar-refractivity contribution in [2.75, 3.05) is 6.61 Å². The van der Waals surface area contributed by atoms with Gasteiger partial charge in [0.25, 0.3) is 0 Å². The molecule has 1 saturated carbocycles. The molecule has 0 heterocycles. The molecule has 0 radical (unpaired) electrons. The minimum Gasteiger partial charge on any atom is -0.464 e. The molecule has 1 aliphatic carbocycles. The van der Waals surface area contributed by atoms with E-state index in [0.717, 1.165) is 14.6 Å². The first kappa shape index (κ1) is 13.9. The fourth-order valence-electron chi connectivity index (χ4n) is 1.51. The number of aliphatic hydroxyl groups excluding tert-OH is 1. The Kier molecular flexibility index (Phi) is 4.70. The van der Waals surface area contributed by atoms with Crippen molar-refractivity contribution in [2.24, 2.45) is 0 Å². The van der Waals surface area contributed by atoms with Crippen molar-refractivity contribution in [2.45, 2.75) is 36.0 Å². The third-order valence-corrected chi connectivity index (χ3v) is 4.93. The number of halogens is 1. The van der Waals surface area contributed by atoms with Crippen LogP contribution in [0.15, 0.2) is 27.6 Å². The fraction of sp³-hybridized carbons (Fsp3) is 0.462. The Hall–Kier alpha value is -0.520. The van der Waals surface area contributed by atoms with Crippen LogP contribution in [0.2, 0.25) is 0 Å². The summed E-state index contributed by atoms with van der Waals surface area (Å²) in [6, 6.07) is 5.49. The summed E-state index contributed by atoms with van der Waals surface area (Å²) in [7, 11) is 0. The highest BCUT2D eigenvalue weighted by Gasteiger charge is 2.24. The van der Waals surface area contributed by atoms with E-state index in [1.807, 2.05) is 17.8 Å². The van der Waals surface area contributed by atoms with Crippen molar-refractivity contribution in [3.63, 3.8) is 0 Å². The molecule has 2 rings (SSSR count). The van der Waals surface area contributed by atoms with Gasteiger partial charge in [-0.2, -0.15) is 0 Å². The summed E-state index contributed by atoms with van der Waals surface area (Å²) in [4.78, 5) is 12.6. The van der Waals surface area contributed by atoms with Gasteiger partial charge in [0.2, 0.25) is 0 Å². The summed E-state index contributed by atoms with van der Waals surface area (Å²) in [6.45, 7) is 1.99. The van der Waals surface area contributed by atoms with Crippen molar-refractivity contribution < 1.29 is 14.6 Å². The lowest BCUT2D eigenvalue weighted by Gasteiger charge is -2.11. The van der Waals surface area contributed by atoms with Gasteiger partial charge in [-0.25, -0.2) is 4.79 Å². The highest BCUT2D eigenvalue weighted by molar-refractivity contribution is 9.10. The van der Waals surface area contributed by atoms with Gasteiger partial charge in [0.05, 0.1) is 6.61 Å². The van der Waals surface area contributed by atoms with Gasteiger partial charge in [0.15, 0.2) is 6.10 Å². The van der Waals surface area contributed by atoms with E-state index in [-0.39, 0.29) is 6.61 Å². The average Bonchev–Trinajstić information content (AvgIpc) is 3.15. The molecule has 5 heteroatoms. The van der Waals surface area contributed by atoms with E-state index in [1.165, 1.54) is 12.8 Å². The van der Waals surface area contributed by atoms with Crippen LogP contribution < -0.4 is 0 Å². The average molecular weight is 331 g/mol. The predicted molar refractivity (Wildman–Crippen MR) is 74.6 cm³/mol. The smallest absolute Gasteiger partial charge is 0.339 e. The van der Waals surface area contributed by atoms with Gasteiger partial charge in [-0.05, 0) is 53.4 Å². The summed E-state index contributed by atoms with van der Waals surface area (Å²) >= 11 is 5.31. The van der Waals surface area contributed by atoms with Crippen molar-refractivity contribution in [1.29, 1.82) is 0 Å². The van der Waals surface area contributed by atoms with Crippen molar-refractivity contribution >= 4 is 33.7 Å². The first-order valence-corrected chi connectivity index (χ1v) is 7.60. The number of carbonyl (C=O) groups excluding carboxylic acids is 1. The maximum Gasteiger partial charge on any atom is 0.339 e. The van der Waals surface area contributed by atoms with Crippen molar-refractivity contribution in [3.8, 4) is 0 Å². The molecule has 1 aliphatic rings. The normalized spacial score (nSPS) is 16.4. The van der Waals surface area contributed by atoms with E-state index >= 15 is 0 Å². The lowest BCUT2D eigenvalue weighted by molar-refractivity contribution is -0.153. The van der Waals surface area contributed by atoms with Crippen LogP contribution in [-0.4, -0.2) is 22.9 Å². The standard InChI is InChI=1S/C13H15BrO3S/c1-2-17-13(16)12(15)8-3-6-11(10(14)7-8)18-9-4-5-9/h3,6-7,9,12,15H,2,4-5H2,1H3. The Morgan fingerprint density at radius 3 is 2.89 bits per heavy atom.